The zero-order valence-electron chi connectivity index (χ0n) is 10.6. The van der Waals surface area contributed by atoms with E-state index in [4.69, 9.17) is 9.47 Å². The van der Waals surface area contributed by atoms with E-state index in [-0.39, 0.29) is 0 Å². The van der Waals surface area contributed by atoms with Gasteiger partial charge in [-0.3, -0.25) is 4.90 Å². The van der Waals surface area contributed by atoms with Crippen molar-refractivity contribution in [3.63, 3.8) is 0 Å². The summed E-state index contributed by atoms with van der Waals surface area (Å²) in [4.78, 5) is 2.31. The Hall–Kier alpha value is -0.380. The van der Waals surface area contributed by atoms with Gasteiger partial charge in [0.2, 0.25) is 0 Å². The van der Waals surface area contributed by atoms with Crippen LogP contribution in [0.3, 0.4) is 0 Å². The first kappa shape index (κ1) is 13.7. The maximum Gasteiger partial charge on any atom is 0.169 e. The van der Waals surface area contributed by atoms with Gasteiger partial charge in [-0.05, 0) is 32.8 Å². The van der Waals surface area contributed by atoms with Crippen molar-refractivity contribution in [2.24, 2.45) is 0 Å². The van der Waals surface area contributed by atoms with Crippen LogP contribution in [0.5, 0.6) is 0 Å². The maximum absolute atomic E-state index is 5.85. The molecule has 0 aromatic carbocycles. The first-order chi connectivity index (χ1) is 7.79. The molecule has 1 atom stereocenters. The van der Waals surface area contributed by atoms with Crippen LogP contribution in [0, 0.1) is 6.61 Å². The molecule has 16 heavy (non-hydrogen) atoms. The normalized spacial score (nSPS) is 21.6. The Morgan fingerprint density at radius 2 is 1.88 bits per heavy atom. The summed E-state index contributed by atoms with van der Waals surface area (Å²) < 4.78 is 11.3. The van der Waals surface area contributed by atoms with Crippen molar-refractivity contribution in [1.29, 1.82) is 0 Å². The minimum Gasteiger partial charge on any atom is -0.371 e. The average molecular weight is 226 g/mol. The number of nitrogens with zero attached hydrogens (tertiary/aromatic N) is 1. The fourth-order valence-corrected chi connectivity index (χ4v) is 2.11. The summed E-state index contributed by atoms with van der Waals surface area (Å²) in [5, 5.41) is 0. The average Bonchev–Trinajstić information content (AvgIpc) is 2.36. The largest absolute Gasteiger partial charge is 0.371 e. The summed E-state index contributed by atoms with van der Waals surface area (Å²) in [6.45, 7) is 13.1. The highest BCUT2D eigenvalue weighted by atomic mass is 16.6. The molecule has 0 saturated carbocycles. The van der Waals surface area contributed by atoms with Crippen LogP contribution in [0.25, 0.3) is 0 Å². The van der Waals surface area contributed by atoms with Gasteiger partial charge in [0.1, 0.15) is 6.61 Å². The summed E-state index contributed by atoms with van der Waals surface area (Å²) in [7, 11) is 0. The van der Waals surface area contributed by atoms with Crippen LogP contribution in [0.2, 0.25) is 0 Å². The molecule has 1 fully saturated rings. The molecule has 1 unspecified atom stereocenters. The van der Waals surface area contributed by atoms with Crippen molar-refractivity contribution >= 4 is 0 Å². The molecule has 93 valence electrons. The molecule has 1 radical (unpaired) electrons. The van der Waals surface area contributed by atoms with Crippen molar-refractivity contribution in [3.05, 3.63) is 19.3 Å². The van der Waals surface area contributed by atoms with Crippen LogP contribution in [-0.4, -0.2) is 36.9 Å². The number of likely N-dealkylation sites (tertiary alicyclic amines) is 1. The number of hydrogen-bond donors (Lipinski definition) is 0. The van der Waals surface area contributed by atoms with Gasteiger partial charge in [0, 0.05) is 26.3 Å². The molecule has 0 aromatic heterocycles. The fraction of sp³-hybridized carbons (Fsp3) is 0.769. The predicted octanol–water partition coefficient (Wildman–Crippen LogP) is 2.59. The number of hydrogen-bond acceptors (Lipinski definition) is 3. The van der Waals surface area contributed by atoms with Crippen molar-refractivity contribution < 1.29 is 9.47 Å². The molecular formula is C13H24NO2. The Bertz CT molecular complexity index is 202. The topological polar surface area (TPSA) is 21.7 Å². The van der Waals surface area contributed by atoms with Gasteiger partial charge < -0.3 is 9.47 Å². The van der Waals surface area contributed by atoms with Gasteiger partial charge in [0.05, 0.1) is 0 Å². The van der Waals surface area contributed by atoms with E-state index in [9.17, 15) is 0 Å². The summed E-state index contributed by atoms with van der Waals surface area (Å²) in [5.74, 6) is 0. The minimum atomic E-state index is -0.537. The highest BCUT2D eigenvalue weighted by molar-refractivity contribution is 5.04. The quantitative estimate of drug-likeness (QED) is 0.623. The van der Waals surface area contributed by atoms with Gasteiger partial charge in [-0.15, -0.1) is 0 Å². The fourth-order valence-electron chi connectivity index (χ4n) is 2.11. The van der Waals surface area contributed by atoms with E-state index < -0.39 is 5.72 Å². The van der Waals surface area contributed by atoms with E-state index in [0.29, 0.717) is 13.2 Å². The second-order valence-electron chi connectivity index (χ2n) is 4.01. The van der Waals surface area contributed by atoms with E-state index in [2.05, 4.69) is 11.5 Å². The van der Waals surface area contributed by atoms with Gasteiger partial charge in [-0.1, -0.05) is 13.0 Å². The van der Waals surface area contributed by atoms with Crippen molar-refractivity contribution in [2.75, 3.05) is 26.3 Å². The second kappa shape index (κ2) is 7.05. The van der Waals surface area contributed by atoms with Crippen LogP contribution in [-0.2, 0) is 9.47 Å². The zero-order chi connectivity index (χ0) is 11.9. The Morgan fingerprint density at radius 1 is 1.19 bits per heavy atom. The molecular weight excluding hydrogens is 202 g/mol. The Balaban J connectivity index is 2.68. The van der Waals surface area contributed by atoms with E-state index in [1.165, 1.54) is 19.3 Å². The summed E-state index contributed by atoms with van der Waals surface area (Å²) in [6.07, 6.45) is 5.60. The zero-order valence-corrected chi connectivity index (χ0v) is 10.6. The molecule has 0 bridgehead atoms. The van der Waals surface area contributed by atoms with Crippen LogP contribution >= 0.6 is 0 Å². The molecule has 3 heteroatoms. The SMILES string of the molecule is C=CC([CH]OCC)(OCC)N1CCCCC1. The van der Waals surface area contributed by atoms with Gasteiger partial charge in [0.15, 0.2) is 5.72 Å². The Labute approximate surface area is 99.4 Å². The Kier molecular flexibility index (Phi) is 6.03. The van der Waals surface area contributed by atoms with E-state index in [0.717, 1.165) is 13.1 Å². The molecule has 0 N–H and O–H groups in total. The molecule has 0 aromatic rings. The summed E-state index contributed by atoms with van der Waals surface area (Å²) in [6, 6.07) is 0. The summed E-state index contributed by atoms with van der Waals surface area (Å²) >= 11 is 0. The van der Waals surface area contributed by atoms with Crippen LogP contribution < -0.4 is 0 Å². The highest BCUT2D eigenvalue weighted by Crippen LogP contribution is 2.26. The van der Waals surface area contributed by atoms with Crippen LogP contribution in [0.15, 0.2) is 12.7 Å². The standard InChI is InChI=1S/C13H24NO2/c1-4-13(16-6-3,12-15-5-2)14-10-8-7-9-11-14/h4,12H,1,5-11H2,2-3H3. The number of rotatable bonds is 7. The van der Waals surface area contributed by atoms with E-state index >= 15 is 0 Å². The van der Waals surface area contributed by atoms with Crippen molar-refractivity contribution in [3.8, 4) is 0 Å². The lowest BCUT2D eigenvalue weighted by molar-refractivity contribution is -0.131. The molecule has 1 aliphatic rings. The van der Waals surface area contributed by atoms with E-state index in [1.54, 1.807) is 6.61 Å². The molecule has 0 spiro atoms. The third-order valence-corrected chi connectivity index (χ3v) is 2.94. The predicted molar refractivity (Wildman–Crippen MR) is 65.9 cm³/mol. The molecule has 1 saturated heterocycles. The first-order valence-corrected chi connectivity index (χ1v) is 6.27. The molecule has 1 heterocycles. The van der Waals surface area contributed by atoms with E-state index in [1.807, 2.05) is 19.9 Å². The third kappa shape index (κ3) is 3.30. The monoisotopic (exact) mass is 226 g/mol. The lowest BCUT2D eigenvalue weighted by Crippen LogP contribution is -2.52. The second-order valence-corrected chi connectivity index (χ2v) is 4.01. The van der Waals surface area contributed by atoms with Gasteiger partial charge in [0.25, 0.3) is 0 Å². The maximum atomic E-state index is 5.85. The molecule has 1 aliphatic heterocycles. The van der Waals surface area contributed by atoms with Gasteiger partial charge in [-0.2, -0.15) is 0 Å². The lowest BCUT2D eigenvalue weighted by Gasteiger charge is -2.42. The smallest absolute Gasteiger partial charge is 0.169 e. The van der Waals surface area contributed by atoms with Crippen molar-refractivity contribution in [1.82, 2.24) is 4.90 Å². The molecule has 3 nitrogen and oxygen atoms in total. The third-order valence-electron chi connectivity index (χ3n) is 2.94. The van der Waals surface area contributed by atoms with Gasteiger partial charge in [-0.25, -0.2) is 0 Å². The summed E-state index contributed by atoms with van der Waals surface area (Å²) in [5.41, 5.74) is -0.537. The lowest BCUT2D eigenvalue weighted by atomic mass is 10.1. The minimum absolute atomic E-state index is 0.537. The molecule has 0 amide bonds. The molecule has 0 aliphatic carbocycles. The first-order valence-electron chi connectivity index (χ1n) is 6.27. The Morgan fingerprint density at radius 3 is 2.38 bits per heavy atom. The molecule has 1 rings (SSSR count). The number of ether oxygens (including phenoxy) is 2. The van der Waals surface area contributed by atoms with Crippen LogP contribution in [0.1, 0.15) is 33.1 Å². The van der Waals surface area contributed by atoms with Gasteiger partial charge >= 0.3 is 0 Å². The van der Waals surface area contributed by atoms with Crippen LogP contribution in [0.4, 0.5) is 0 Å². The number of piperidine rings is 1. The highest BCUT2D eigenvalue weighted by Gasteiger charge is 2.36. The van der Waals surface area contributed by atoms with Crippen molar-refractivity contribution in [2.45, 2.75) is 38.8 Å².